The van der Waals surface area contributed by atoms with E-state index in [9.17, 15) is 4.79 Å². The van der Waals surface area contributed by atoms with Crippen LogP contribution in [0.2, 0.25) is 0 Å². The van der Waals surface area contributed by atoms with Crippen molar-refractivity contribution >= 4 is 5.91 Å². The highest BCUT2D eigenvalue weighted by Crippen LogP contribution is 2.26. The highest BCUT2D eigenvalue weighted by Gasteiger charge is 2.24. The first kappa shape index (κ1) is 20.1. The third kappa shape index (κ3) is 5.25. The molecule has 2 aromatic rings. The van der Waals surface area contributed by atoms with Gasteiger partial charge in [-0.25, -0.2) is 0 Å². The number of rotatable bonds is 6. The molecule has 4 rings (SSSR count). The van der Waals surface area contributed by atoms with Crippen molar-refractivity contribution in [3.05, 3.63) is 52.8 Å². The molecule has 1 aromatic carbocycles. The quantitative estimate of drug-likeness (QED) is 0.703. The van der Waals surface area contributed by atoms with Crippen LogP contribution in [0.4, 0.5) is 0 Å². The Morgan fingerprint density at radius 3 is 2.59 bits per heavy atom. The molecular weight excluding hydrogens is 362 g/mol. The van der Waals surface area contributed by atoms with Gasteiger partial charge in [-0.15, -0.1) is 0 Å². The minimum absolute atomic E-state index is 0.0226. The van der Waals surface area contributed by atoms with Crippen molar-refractivity contribution in [3.63, 3.8) is 0 Å². The van der Waals surface area contributed by atoms with Gasteiger partial charge in [0, 0.05) is 19.0 Å². The second-order valence-electron chi connectivity index (χ2n) is 8.64. The first-order valence-electron chi connectivity index (χ1n) is 11.0. The highest BCUT2D eigenvalue weighted by atomic mass is 16.1. The van der Waals surface area contributed by atoms with E-state index in [2.05, 4.69) is 56.9 Å². The first-order valence-corrected chi connectivity index (χ1v) is 11.0. The van der Waals surface area contributed by atoms with Crippen LogP contribution in [0.25, 0.3) is 0 Å². The van der Waals surface area contributed by atoms with E-state index in [-0.39, 0.29) is 5.91 Å². The average molecular weight is 396 g/mol. The number of nitrogens with one attached hydrogen (secondary N) is 3. The van der Waals surface area contributed by atoms with E-state index < -0.39 is 0 Å². The molecule has 0 bridgehead atoms. The summed E-state index contributed by atoms with van der Waals surface area (Å²) in [4.78, 5) is 15.3. The van der Waals surface area contributed by atoms with Crippen molar-refractivity contribution in [3.8, 4) is 0 Å². The van der Waals surface area contributed by atoms with Gasteiger partial charge >= 0.3 is 0 Å². The SMILES string of the molecule is Cc1ccc(CN2CCC(CNC(=O)c3cn[nH]c3C3CCNCC3)CC2)cc1. The average Bonchev–Trinajstić information content (AvgIpc) is 3.25. The minimum Gasteiger partial charge on any atom is -0.352 e. The standard InChI is InChI=1S/C23H33N5O/c1-17-2-4-19(5-3-17)16-28-12-8-18(9-13-28)14-25-23(29)21-15-26-27-22(21)20-6-10-24-11-7-20/h2-5,15,18,20,24H,6-14,16H2,1H3,(H,25,29)(H,26,27). The van der Waals surface area contributed by atoms with Crippen molar-refractivity contribution in [1.29, 1.82) is 0 Å². The van der Waals surface area contributed by atoms with Crippen molar-refractivity contribution in [2.75, 3.05) is 32.7 Å². The van der Waals surface area contributed by atoms with Crippen LogP contribution in [0.1, 0.15) is 58.8 Å². The molecular formula is C23H33N5O. The van der Waals surface area contributed by atoms with E-state index in [1.54, 1.807) is 6.20 Å². The monoisotopic (exact) mass is 395 g/mol. The Morgan fingerprint density at radius 1 is 1.14 bits per heavy atom. The number of amides is 1. The Morgan fingerprint density at radius 2 is 1.86 bits per heavy atom. The van der Waals surface area contributed by atoms with Crippen molar-refractivity contribution < 1.29 is 4.79 Å². The third-order valence-electron chi connectivity index (χ3n) is 6.45. The van der Waals surface area contributed by atoms with Crippen LogP contribution in [0.3, 0.4) is 0 Å². The van der Waals surface area contributed by atoms with E-state index in [1.165, 1.54) is 11.1 Å². The molecule has 2 aliphatic rings. The predicted octanol–water partition coefficient (Wildman–Crippen LogP) is 2.83. The Balaban J connectivity index is 1.23. The van der Waals surface area contributed by atoms with Gasteiger partial charge in [0.15, 0.2) is 0 Å². The molecule has 0 atom stereocenters. The summed E-state index contributed by atoms with van der Waals surface area (Å²) >= 11 is 0. The fourth-order valence-corrected chi connectivity index (χ4v) is 4.53. The summed E-state index contributed by atoms with van der Waals surface area (Å²) in [5, 5.41) is 13.8. The number of aromatic amines is 1. The van der Waals surface area contributed by atoms with Crippen LogP contribution in [-0.4, -0.2) is 53.7 Å². The van der Waals surface area contributed by atoms with E-state index in [0.29, 0.717) is 11.8 Å². The lowest BCUT2D eigenvalue weighted by Crippen LogP contribution is -2.38. The molecule has 29 heavy (non-hydrogen) atoms. The second-order valence-corrected chi connectivity index (χ2v) is 8.64. The molecule has 1 amide bonds. The zero-order chi connectivity index (χ0) is 20.1. The van der Waals surface area contributed by atoms with Gasteiger partial charge in [0.25, 0.3) is 5.91 Å². The van der Waals surface area contributed by atoms with Gasteiger partial charge < -0.3 is 10.6 Å². The van der Waals surface area contributed by atoms with Gasteiger partial charge in [-0.2, -0.15) is 5.10 Å². The number of piperidine rings is 2. The lowest BCUT2D eigenvalue weighted by Gasteiger charge is -2.32. The van der Waals surface area contributed by atoms with E-state index in [0.717, 1.165) is 76.2 Å². The van der Waals surface area contributed by atoms with Gasteiger partial charge in [0.2, 0.25) is 0 Å². The Bertz CT molecular complexity index is 786. The second kappa shape index (κ2) is 9.55. The lowest BCUT2D eigenvalue weighted by atomic mass is 9.92. The molecule has 3 N–H and O–H groups in total. The van der Waals surface area contributed by atoms with Crippen LogP contribution >= 0.6 is 0 Å². The number of H-pyrrole nitrogens is 1. The number of nitrogens with zero attached hydrogens (tertiary/aromatic N) is 2. The largest absolute Gasteiger partial charge is 0.352 e. The van der Waals surface area contributed by atoms with Gasteiger partial charge in [-0.3, -0.25) is 14.8 Å². The van der Waals surface area contributed by atoms with E-state index in [4.69, 9.17) is 0 Å². The van der Waals surface area contributed by atoms with Gasteiger partial charge in [-0.1, -0.05) is 29.8 Å². The van der Waals surface area contributed by atoms with E-state index in [1.807, 2.05) is 0 Å². The maximum absolute atomic E-state index is 12.7. The fraction of sp³-hybridized carbons (Fsp3) is 0.565. The number of hydrogen-bond acceptors (Lipinski definition) is 4. The van der Waals surface area contributed by atoms with Crippen molar-refractivity contribution in [2.45, 2.75) is 45.1 Å². The van der Waals surface area contributed by atoms with Crippen LogP contribution < -0.4 is 10.6 Å². The molecule has 3 heterocycles. The maximum Gasteiger partial charge on any atom is 0.254 e. The first-order chi connectivity index (χ1) is 14.2. The smallest absolute Gasteiger partial charge is 0.254 e. The summed E-state index contributed by atoms with van der Waals surface area (Å²) < 4.78 is 0. The molecule has 0 spiro atoms. The van der Waals surface area contributed by atoms with Crippen LogP contribution in [-0.2, 0) is 6.54 Å². The summed E-state index contributed by atoms with van der Waals surface area (Å²) in [5.74, 6) is 0.987. The molecule has 156 valence electrons. The predicted molar refractivity (Wildman–Crippen MR) is 115 cm³/mol. The van der Waals surface area contributed by atoms with Gasteiger partial charge in [0.05, 0.1) is 17.5 Å². The normalized spacial score (nSPS) is 19.3. The highest BCUT2D eigenvalue weighted by molar-refractivity contribution is 5.95. The number of aromatic nitrogens is 2. The molecule has 2 fully saturated rings. The van der Waals surface area contributed by atoms with Crippen LogP contribution in [0.5, 0.6) is 0 Å². The number of carbonyl (C=O) groups is 1. The molecule has 2 saturated heterocycles. The summed E-state index contributed by atoms with van der Waals surface area (Å²) in [5.41, 5.74) is 4.43. The molecule has 6 nitrogen and oxygen atoms in total. The Hall–Kier alpha value is -2.18. The van der Waals surface area contributed by atoms with Crippen molar-refractivity contribution in [2.24, 2.45) is 5.92 Å². The number of carbonyl (C=O) groups excluding carboxylic acids is 1. The zero-order valence-corrected chi connectivity index (χ0v) is 17.4. The number of likely N-dealkylation sites (tertiary alicyclic amines) is 1. The molecule has 6 heteroatoms. The molecule has 2 aliphatic heterocycles. The fourth-order valence-electron chi connectivity index (χ4n) is 4.53. The number of benzene rings is 1. The summed E-state index contributed by atoms with van der Waals surface area (Å²) in [7, 11) is 0. The Labute approximate surface area is 173 Å². The molecule has 0 unspecified atom stereocenters. The minimum atomic E-state index is 0.0226. The van der Waals surface area contributed by atoms with Crippen LogP contribution in [0, 0.1) is 12.8 Å². The van der Waals surface area contributed by atoms with E-state index >= 15 is 0 Å². The van der Waals surface area contributed by atoms with Crippen LogP contribution in [0.15, 0.2) is 30.5 Å². The summed E-state index contributed by atoms with van der Waals surface area (Å²) in [6.07, 6.45) is 6.08. The summed E-state index contributed by atoms with van der Waals surface area (Å²) in [6.45, 7) is 8.11. The number of hydrogen-bond donors (Lipinski definition) is 3. The number of aryl methyl sites for hydroxylation is 1. The third-order valence-corrected chi connectivity index (χ3v) is 6.45. The summed E-state index contributed by atoms with van der Waals surface area (Å²) in [6, 6.07) is 8.83. The topological polar surface area (TPSA) is 73.0 Å². The van der Waals surface area contributed by atoms with Gasteiger partial charge in [0.1, 0.15) is 0 Å². The van der Waals surface area contributed by atoms with Crippen molar-refractivity contribution in [1.82, 2.24) is 25.7 Å². The maximum atomic E-state index is 12.7. The molecule has 0 radical (unpaired) electrons. The lowest BCUT2D eigenvalue weighted by molar-refractivity contribution is 0.0933. The van der Waals surface area contributed by atoms with Gasteiger partial charge in [-0.05, 0) is 70.3 Å². The Kier molecular flexibility index (Phi) is 6.62. The zero-order valence-electron chi connectivity index (χ0n) is 17.4. The molecule has 0 aliphatic carbocycles. The molecule has 1 aromatic heterocycles. The molecule has 0 saturated carbocycles.